The molecule has 1 aliphatic rings. The van der Waals surface area contributed by atoms with Crippen molar-refractivity contribution >= 4 is 5.91 Å². The summed E-state index contributed by atoms with van der Waals surface area (Å²) in [6.45, 7) is 2.73. The highest BCUT2D eigenvalue weighted by Gasteiger charge is 2.09. The normalized spacial score (nSPS) is 17.3. The lowest BCUT2D eigenvalue weighted by molar-refractivity contribution is -0.121. The molecule has 2 atom stereocenters. The fraction of sp³-hybridized carbons (Fsp3) is 0.762. The fourth-order valence-electron chi connectivity index (χ4n) is 3.16. The van der Waals surface area contributed by atoms with Crippen LogP contribution in [0.25, 0.3) is 0 Å². The molecule has 0 spiro atoms. The molecule has 0 bridgehead atoms. The first kappa shape index (κ1) is 24.6. The summed E-state index contributed by atoms with van der Waals surface area (Å²) in [4.78, 5) is 13.9. The summed E-state index contributed by atoms with van der Waals surface area (Å²) in [5.41, 5.74) is 3.10. The smallest absolute Gasteiger partial charge is 0.219 e. The van der Waals surface area contributed by atoms with Gasteiger partial charge in [-0.2, -0.15) is 5.48 Å². The number of nitrogens with one attached hydrogen (secondary N) is 3. The first-order valence-electron chi connectivity index (χ1n) is 10.6. The SMILES string of the molecule is CN(C)C1=CCC(CNCCCCNC(=O)CCCCCCC(O)NO)C=C1. The molecule has 0 saturated carbocycles. The molecule has 1 aliphatic carbocycles. The lowest BCUT2D eigenvalue weighted by atomic mass is 9.99. The van der Waals surface area contributed by atoms with Crippen molar-refractivity contribution in [2.75, 3.05) is 33.7 Å². The Morgan fingerprint density at radius 1 is 1.18 bits per heavy atom. The number of hydrogen-bond donors (Lipinski definition) is 5. The van der Waals surface area contributed by atoms with Crippen LogP contribution in [0.15, 0.2) is 23.9 Å². The van der Waals surface area contributed by atoms with E-state index in [2.05, 4.69) is 47.9 Å². The van der Waals surface area contributed by atoms with Crippen LogP contribution in [0.3, 0.4) is 0 Å². The number of nitrogens with zero attached hydrogens (tertiary/aromatic N) is 1. The number of carbonyl (C=O) groups is 1. The monoisotopic (exact) mass is 396 g/mol. The predicted octanol–water partition coefficient (Wildman–Crippen LogP) is 2.13. The number of allylic oxidation sites excluding steroid dienone is 2. The molecule has 7 nitrogen and oxygen atoms in total. The Kier molecular flexibility index (Phi) is 13.6. The van der Waals surface area contributed by atoms with E-state index in [4.69, 9.17) is 10.3 Å². The lowest BCUT2D eigenvalue weighted by Gasteiger charge is -2.21. The number of hydrogen-bond acceptors (Lipinski definition) is 6. The summed E-state index contributed by atoms with van der Waals surface area (Å²) < 4.78 is 0. The van der Waals surface area contributed by atoms with Gasteiger partial charge in [0.1, 0.15) is 6.23 Å². The highest BCUT2D eigenvalue weighted by Crippen LogP contribution is 2.16. The van der Waals surface area contributed by atoms with Gasteiger partial charge in [-0.25, -0.2) is 0 Å². The van der Waals surface area contributed by atoms with Crippen molar-refractivity contribution in [3.63, 3.8) is 0 Å². The van der Waals surface area contributed by atoms with Crippen LogP contribution in [-0.4, -0.2) is 61.1 Å². The summed E-state index contributed by atoms with van der Waals surface area (Å²) in [7, 11) is 4.14. The summed E-state index contributed by atoms with van der Waals surface area (Å²) in [6, 6.07) is 0. The van der Waals surface area contributed by atoms with Crippen LogP contribution in [0.5, 0.6) is 0 Å². The van der Waals surface area contributed by atoms with Gasteiger partial charge < -0.3 is 25.8 Å². The maximum absolute atomic E-state index is 11.8. The zero-order chi connectivity index (χ0) is 20.6. The Morgan fingerprint density at radius 2 is 1.93 bits per heavy atom. The van der Waals surface area contributed by atoms with Gasteiger partial charge in [-0.3, -0.25) is 4.79 Å². The number of hydroxylamine groups is 1. The minimum absolute atomic E-state index is 0.126. The van der Waals surface area contributed by atoms with Gasteiger partial charge in [-0.05, 0) is 57.1 Å². The fourth-order valence-corrected chi connectivity index (χ4v) is 3.16. The van der Waals surface area contributed by atoms with E-state index >= 15 is 0 Å². The minimum atomic E-state index is -0.843. The van der Waals surface area contributed by atoms with Crippen LogP contribution in [0, 0.1) is 5.92 Å². The largest absolute Gasteiger partial charge is 0.378 e. The van der Waals surface area contributed by atoms with Crippen molar-refractivity contribution in [3.05, 3.63) is 23.9 Å². The van der Waals surface area contributed by atoms with Gasteiger partial charge in [0.05, 0.1) is 0 Å². The molecule has 162 valence electrons. The number of unbranched alkanes of at least 4 members (excludes halogenated alkanes) is 4. The second-order valence-electron chi connectivity index (χ2n) is 7.74. The number of amides is 1. The molecular formula is C21H40N4O3. The van der Waals surface area contributed by atoms with Crippen LogP contribution >= 0.6 is 0 Å². The predicted molar refractivity (Wildman–Crippen MR) is 113 cm³/mol. The zero-order valence-corrected chi connectivity index (χ0v) is 17.6. The van der Waals surface area contributed by atoms with E-state index in [0.717, 1.165) is 64.6 Å². The molecule has 1 amide bonds. The molecule has 2 unspecified atom stereocenters. The van der Waals surface area contributed by atoms with Crippen molar-refractivity contribution in [2.24, 2.45) is 5.92 Å². The van der Waals surface area contributed by atoms with Crippen LogP contribution in [0.4, 0.5) is 0 Å². The maximum atomic E-state index is 11.8. The Labute approximate surface area is 170 Å². The third kappa shape index (κ3) is 12.1. The zero-order valence-electron chi connectivity index (χ0n) is 17.6. The lowest BCUT2D eigenvalue weighted by Crippen LogP contribution is -2.27. The quantitative estimate of drug-likeness (QED) is 0.156. The van der Waals surface area contributed by atoms with Crippen LogP contribution in [-0.2, 0) is 4.79 Å². The summed E-state index contributed by atoms with van der Waals surface area (Å²) >= 11 is 0. The van der Waals surface area contributed by atoms with E-state index in [1.807, 2.05) is 5.48 Å². The maximum Gasteiger partial charge on any atom is 0.219 e. The molecule has 0 radical (unpaired) electrons. The molecule has 28 heavy (non-hydrogen) atoms. The molecule has 0 aliphatic heterocycles. The van der Waals surface area contributed by atoms with Gasteiger partial charge in [-0.1, -0.05) is 25.0 Å². The standard InChI is InChI=1S/C21H40N4O3/c1-25(2)19-13-11-18(12-14-19)17-22-15-7-8-16-23-20(26)9-5-3-4-6-10-21(27)24-28/h11,13-14,18,21-22,24,27-28H,3-10,12,15-17H2,1-2H3,(H,23,26). The van der Waals surface area contributed by atoms with Crippen LogP contribution in [0.2, 0.25) is 0 Å². The van der Waals surface area contributed by atoms with E-state index in [1.54, 1.807) is 0 Å². The number of aliphatic hydroxyl groups excluding tert-OH is 1. The Balaban J connectivity index is 1.87. The Hall–Kier alpha value is -1.41. The van der Waals surface area contributed by atoms with Crippen LogP contribution < -0.4 is 16.1 Å². The first-order valence-corrected chi connectivity index (χ1v) is 10.6. The van der Waals surface area contributed by atoms with Crippen molar-refractivity contribution in [1.29, 1.82) is 0 Å². The van der Waals surface area contributed by atoms with E-state index in [0.29, 0.717) is 18.8 Å². The van der Waals surface area contributed by atoms with E-state index in [1.165, 1.54) is 5.70 Å². The Bertz CT molecular complexity index is 480. The highest BCUT2D eigenvalue weighted by atomic mass is 16.5. The van der Waals surface area contributed by atoms with Gasteiger partial charge in [-0.15, -0.1) is 0 Å². The number of carbonyl (C=O) groups excluding carboxylic acids is 1. The van der Waals surface area contributed by atoms with Gasteiger partial charge in [0.2, 0.25) is 5.91 Å². The first-order chi connectivity index (χ1) is 13.5. The van der Waals surface area contributed by atoms with E-state index in [9.17, 15) is 4.79 Å². The molecule has 0 aromatic carbocycles. The summed E-state index contributed by atoms with van der Waals surface area (Å²) in [6.07, 6.45) is 13.8. The topological polar surface area (TPSA) is 96.9 Å². The Morgan fingerprint density at radius 3 is 2.61 bits per heavy atom. The molecular weight excluding hydrogens is 356 g/mol. The highest BCUT2D eigenvalue weighted by molar-refractivity contribution is 5.75. The third-order valence-electron chi connectivity index (χ3n) is 4.97. The minimum Gasteiger partial charge on any atom is -0.378 e. The second kappa shape index (κ2) is 15.5. The molecule has 1 rings (SSSR count). The van der Waals surface area contributed by atoms with Gasteiger partial charge in [0, 0.05) is 39.3 Å². The van der Waals surface area contributed by atoms with E-state index in [-0.39, 0.29) is 5.91 Å². The average molecular weight is 397 g/mol. The number of rotatable bonds is 16. The number of aliphatic hydroxyl groups is 1. The molecule has 0 aromatic rings. The van der Waals surface area contributed by atoms with Crippen molar-refractivity contribution in [2.45, 2.75) is 64.0 Å². The third-order valence-corrected chi connectivity index (χ3v) is 4.97. The van der Waals surface area contributed by atoms with Crippen molar-refractivity contribution < 1.29 is 15.1 Å². The van der Waals surface area contributed by atoms with Gasteiger partial charge >= 0.3 is 0 Å². The molecule has 0 fully saturated rings. The summed E-state index contributed by atoms with van der Waals surface area (Å²) in [5.74, 6) is 0.701. The molecule has 0 saturated heterocycles. The van der Waals surface area contributed by atoms with E-state index < -0.39 is 6.23 Å². The van der Waals surface area contributed by atoms with Crippen molar-refractivity contribution in [3.8, 4) is 0 Å². The van der Waals surface area contributed by atoms with Crippen LogP contribution in [0.1, 0.15) is 57.8 Å². The van der Waals surface area contributed by atoms with Gasteiger partial charge in [0.25, 0.3) is 0 Å². The summed E-state index contributed by atoms with van der Waals surface area (Å²) in [5, 5.41) is 24.1. The molecule has 0 heterocycles. The van der Waals surface area contributed by atoms with Crippen molar-refractivity contribution in [1.82, 2.24) is 21.0 Å². The molecule has 0 aromatic heterocycles. The van der Waals surface area contributed by atoms with Gasteiger partial charge in [0.15, 0.2) is 0 Å². The molecule has 5 N–H and O–H groups in total. The second-order valence-corrected chi connectivity index (χ2v) is 7.74. The average Bonchev–Trinajstić information content (AvgIpc) is 2.69. The molecule has 7 heteroatoms. The number of likely N-dealkylation sites (N-methyl/N-ethyl adjacent to an activating group) is 1.